The molecule has 0 aliphatic rings. The van der Waals surface area contributed by atoms with Gasteiger partial charge < -0.3 is 15.4 Å². The van der Waals surface area contributed by atoms with Crippen LogP contribution < -0.4 is 15.4 Å². The number of carbonyl (C=O) groups excluding carboxylic acids is 2. The van der Waals surface area contributed by atoms with E-state index in [1.165, 1.54) is 36.5 Å². The number of nitrogens with one attached hydrogen (secondary N) is 2. The van der Waals surface area contributed by atoms with E-state index in [9.17, 15) is 14.0 Å². The number of amides is 2. The van der Waals surface area contributed by atoms with Gasteiger partial charge in [-0.3, -0.25) is 9.59 Å². The van der Waals surface area contributed by atoms with Gasteiger partial charge in [0.25, 0.3) is 5.91 Å². The summed E-state index contributed by atoms with van der Waals surface area (Å²) in [7, 11) is 0. The molecule has 2 aromatic carbocycles. The number of benzene rings is 2. The predicted octanol–water partition coefficient (Wildman–Crippen LogP) is 4.07. The molecule has 0 spiro atoms. The Bertz CT molecular complexity index is 943. The van der Waals surface area contributed by atoms with Gasteiger partial charge in [-0.05, 0) is 42.5 Å². The van der Waals surface area contributed by atoms with Crippen LogP contribution in [0.5, 0.6) is 5.75 Å². The van der Waals surface area contributed by atoms with Crippen LogP contribution in [0.3, 0.4) is 0 Å². The molecule has 0 radical (unpaired) electrons. The molecule has 0 aliphatic carbocycles. The highest BCUT2D eigenvalue weighted by molar-refractivity contribution is 7.07. The van der Waals surface area contributed by atoms with Crippen molar-refractivity contribution in [2.75, 3.05) is 10.6 Å². The molecule has 3 aromatic rings. The molecule has 0 unspecified atom stereocenters. The number of ether oxygens (including phenoxy) is 1. The van der Waals surface area contributed by atoms with Crippen LogP contribution in [0.1, 0.15) is 23.0 Å². The Labute approximate surface area is 159 Å². The fraction of sp³-hybridized carbons (Fsp3) is 0.105. The normalized spacial score (nSPS) is 10.3. The lowest BCUT2D eigenvalue weighted by Gasteiger charge is -2.10. The van der Waals surface area contributed by atoms with Gasteiger partial charge in [0.05, 0.1) is 16.9 Å². The first-order valence-corrected chi connectivity index (χ1v) is 8.94. The molecule has 1 aromatic heterocycles. The monoisotopic (exact) mass is 385 g/mol. The number of halogens is 1. The first-order valence-electron chi connectivity index (χ1n) is 7.99. The smallest absolute Gasteiger partial charge is 0.255 e. The van der Waals surface area contributed by atoms with E-state index in [1.54, 1.807) is 29.8 Å². The first-order chi connectivity index (χ1) is 13.0. The first kappa shape index (κ1) is 18.5. The van der Waals surface area contributed by atoms with Gasteiger partial charge in [0.15, 0.2) is 0 Å². The molecule has 0 aliphatic heterocycles. The summed E-state index contributed by atoms with van der Waals surface area (Å²) in [5.41, 5.74) is 3.37. The average molecular weight is 385 g/mol. The Morgan fingerprint density at radius 3 is 2.59 bits per heavy atom. The lowest BCUT2D eigenvalue weighted by molar-refractivity contribution is -0.114. The number of hydrogen-bond acceptors (Lipinski definition) is 5. The van der Waals surface area contributed by atoms with Gasteiger partial charge in [0.2, 0.25) is 5.91 Å². The molecular weight excluding hydrogens is 369 g/mol. The van der Waals surface area contributed by atoms with E-state index in [-0.39, 0.29) is 11.6 Å². The molecular formula is C19H16FN3O3S. The maximum atomic E-state index is 13.7. The molecule has 0 atom stereocenters. The van der Waals surface area contributed by atoms with Crippen molar-refractivity contribution in [1.29, 1.82) is 0 Å². The van der Waals surface area contributed by atoms with Crippen LogP contribution in [0.25, 0.3) is 0 Å². The predicted molar refractivity (Wildman–Crippen MR) is 102 cm³/mol. The molecule has 3 rings (SSSR count). The van der Waals surface area contributed by atoms with Crippen molar-refractivity contribution in [1.82, 2.24) is 4.98 Å². The molecule has 0 saturated carbocycles. The standard InChI is InChI=1S/C19H16FN3O3S/c1-12(24)22-18-8-14(4-7-17(18)20)23-19(25)13-2-5-16(6-3-13)26-9-15-10-27-11-21-15/h2-8,10-11H,9H2,1H3,(H,22,24)(H,23,25). The molecule has 8 heteroatoms. The third kappa shape index (κ3) is 5.11. The Morgan fingerprint density at radius 2 is 1.93 bits per heavy atom. The largest absolute Gasteiger partial charge is 0.487 e. The Kier molecular flexibility index (Phi) is 5.77. The summed E-state index contributed by atoms with van der Waals surface area (Å²) in [6, 6.07) is 10.6. The van der Waals surface area contributed by atoms with Crippen LogP contribution in [-0.4, -0.2) is 16.8 Å². The van der Waals surface area contributed by atoms with Crippen LogP contribution in [-0.2, 0) is 11.4 Å². The molecule has 0 bridgehead atoms. The highest BCUT2D eigenvalue weighted by atomic mass is 32.1. The fourth-order valence-electron chi connectivity index (χ4n) is 2.26. The molecule has 0 saturated heterocycles. The second-order valence-electron chi connectivity index (χ2n) is 5.62. The zero-order valence-corrected chi connectivity index (χ0v) is 15.2. The summed E-state index contributed by atoms with van der Waals surface area (Å²) in [5.74, 6) is -0.717. The van der Waals surface area contributed by atoms with Crippen molar-refractivity contribution in [3.63, 3.8) is 0 Å². The summed E-state index contributed by atoms with van der Waals surface area (Å²) in [5, 5.41) is 6.94. The van der Waals surface area contributed by atoms with E-state index >= 15 is 0 Å². The van der Waals surface area contributed by atoms with E-state index in [4.69, 9.17) is 4.74 Å². The maximum absolute atomic E-state index is 13.7. The molecule has 2 N–H and O–H groups in total. The minimum atomic E-state index is -0.579. The van der Waals surface area contributed by atoms with Crippen LogP contribution in [0.2, 0.25) is 0 Å². The Morgan fingerprint density at radius 1 is 1.15 bits per heavy atom. The summed E-state index contributed by atoms with van der Waals surface area (Å²) in [4.78, 5) is 27.6. The lowest BCUT2D eigenvalue weighted by atomic mass is 10.2. The summed E-state index contributed by atoms with van der Waals surface area (Å²) < 4.78 is 19.3. The summed E-state index contributed by atoms with van der Waals surface area (Å²) >= 11 is 1.50. The van der Waals surface area contributed by atoms with Crippen molar-refractivity contribution in [2.45, 2.75) is 13.5 Å². The minimum Gasteiger partial charge on any atom is -0.487 e. The van der Waals surface area contributed by atoms with Gasteiger partial charge in [-0.1, -0.05) is 0 Å². The van der Waals surface area contributed by atoms with Crippen LogP contribution >= 0.6 is 11.3 Å². The van der Waals surface area contributed by atoms with E-state index in [0.29, 0.717) is 23.6 Å². The maximum Gasteiger partial charge on any atom is 0.255 e. The van der Waals surface area contributed by atoms with Gasteiger partial charge in [0, 0.05) is 23.6 Å². The SMILES string of the molecule is CC(=O)Nc1cc(NC(=O)c2ccc(OCc3cscn3)cc2)ccc1F. The number of aromatic nitrogens is 1. The van der Waals surface area contributed by atoms with Crippen molar-refractivity contribution >= 4 is 34.5 Å². The van der Waals surface area contributed by atoms with E-state index in [0.717, 1.165) is 5.69 Å². The molecule has 138 valence electrons. The number of anilines is 2. The zero-order chi connectivity index (χ0) is 19.2. The molecule has 6 nitrogen and oxygen atoms in total. The number of carbonyl (C=O) groups is 2. The molecule has 2 amide bonds. The van der Waals surface area contributed by atoms with Gasteiger partial charge in [-0.2, -0.15) is 0 Å². The summed E-state index contributed by atoms with van der Waals surface area (Å²) in [6.07, 6.45) is 0. The van der Waals surface area contributed by atoms with Crippen LogP contribution in [0.4, 0.5) is 15.8 Å². The van der Waals surface area contributed by atoms with E-state index in [1.807, 2.05) is 5.38 Å². The third-order valence-electron chi connectivity index (χ3n) is 3.52. The second-order valence-corrected chi connectivity index (χ2v) is 6.34. The Hall–Kier alpha value is -3.26. The minimum absolute atomic E-state index is 0.00564. The quantitative estimate of drug-likeness (QED) is 0.670. The van der Waals surface area contributed by atoms with E-state index < -0.39 is 11.7 Å². The molecule has 27 heavy (non-hydrogen) atoms. The van der Waals surface area contributed by atoms with Crippen molar-refractivity contribution in [2.24, 2.45) is 0 Å². The van der Waals surface area contributed by atoms with Crippen LogP contribution in [0.15, 0.2) is 53.4 Å². The average Bonchev–Trinajstić information content (AvgIpc) is 3.16. The van der Waals surface area contributed by atoms with Crippen molar-refractivity contribution < 1.29 is 18.7 Å². The topological polar surface area (TPSA) is 80.3 Å². The Balaban J connectivity index is 1.63. The molecule has 1 heterocycles. The van der Waals surface area contributed by atoms with Gasteiger partial charge in [-0.25, -0.2) is 9.37 Å². The summed E-state index contributed by atoms with van der Waals surface area (Å²) in [6.45, 7) is 1.64. The highest BCUT2D eigenvalue weighted by Gasteiger charge is 2.10. The van der Waals surface area contributed by atoms with E-state index in [2.05, 4.69) is 15.6 Å². The second kappa shape index (κ2) is 8.41. The third-order valence-corrected chi connectivity index (χ3v) is 4.16. The number of hydrogen-bond donors (Lipinski definition) is 2. The highest BCUT2D eigenvalue weighted by Crippen LogP contribution is 2.21. The van der Waals surface area contributed by atoms with Gasteiger partial charge in [-0.15, -0.1) is 11.3 Å². The molecule has 0 fully saturated rings. The van der Waals surface area contributed by atoms with Crippen LogP contribution in [0, 0.1) is 5.82 Å². The van der Waals surface area contributed by atoms with Crippen molar-refractivity contribution in [3.05, 3.63) is 70.4 Å². The number of thiazole rings is 1. The fourth-order valence-corrected chi connectivity index (χ4v) is 2.80. The lowest BCUT2D eigenvalue weighted by Crippen LogP contribution is -2.13. The van der Waals surface area contributed by atoms with Gasteiger partial charge >= 0.3 is 0 Å². The van der Waals surface area contributed by atoms with Gasteiger partial charge in [0.1, 0.15) is 18.2 Å². The zero-order valence-electron chi connectivity index (χ0n) is 14.4. The number of rotatable bonds is 6. The number of nitrogens with zero attached hydrogens (tertiary/aromatic N) is 1. The van der Waals surface area contributed by atoms with Crippen molar-refractivity contribution in [3.8, 4) is 5.75 Å².